The maximum atomic E-state index is 3.51. The van der Waals surface area contributed by atoms with Gasteiger partial charge in [0.15, 0.2) is 0 Å². The second kappa shape index (κ2) is 4.55. The highest BCUT2D eigenvalue weighted by atomic mass is 14.9. The molecule has 1 atom stereocenters. The van der Waals surface area contributed by atoms with Crippen molar-refractivity contribution in [1.82, 2.24) is 5.32 Å². The van der Waals surface area contributed by atoms with Crippen LogP contribution < -0.4 is 5.32 Å². The molecule has 0 saturated carbocycles. The van der Waals surface area contributed by atoms with Crippen molar-refractivity contribution in [3.63, 3.8) is 0 Å². The molecule has 1 heteroatoms. The Hall–Kier alpha value is -0.300. The predicted molar refractivity (Wildman–Crippen MR) is 49.7 cm³/mol. The summed E-state index contributed by atoms with van der Waals surface area (Å²) in [4.78, 5) is 0. The first kappa shape index (κ1) is 8.79. The quantitative estimate of drug-likeness (QED) is 0.601. The molecule has 0 radical (unpaired) electrons. The molecule has 1 nitrogen and oxygen atoms in total. The van der Waals surface area contributed by atoms with Gasteiger partial charge >= 0.3 is 0 Å². The van der Waals surface area contributed by atoms with Crippen LogP contribution in [0.2, 0.25) is 0 Å². The highest BCUT2D eigenvalue weighted by Crippen LogP contribution is 2.10. The topological polar surface area (TPSA) is 12.0 Å². The van der Waals surface area contributed by atoms with E-state index in [0.717, 1.165) is 0 Å². The number of hydrogen-bond donors (Lipinski definition) is 1. The molecule has 0 aliphatic carbocycles. The molecule has 1 rings (SSSR count). The minimum Gasteiger partial charge on any atom is -0.311 e. The lowest BCUT2D eigenvalue weighted by molar-refractivity contribution is 0.452. The predicted octanol–water partition coefficient (Wildman–Crippen LogP) is 2.48. The average Bonchev–Trinajstić information content (AvgIpc) is 2.06. The van der Waals surface area contributed by atoms with Crippen LogP contribution in [0.3, 0.4) is 0 Å². The Morgan fingerprint density at radius 1 is 1.55 bits per heavy atom. The van der Waals surface area contributed by atoms with E-state index in [1.165, 1.54) is 37.8 Å². The van der Waals surface area contributed by atoms with Crippen LogP contribution in [-0.2, 0) is 0 Å². The summed E-state index contributed by atoms with van der Waals surface area (Å²) in [6.45, 7) is 5.64. The zero-order chi connectivity index (χ0) is 8.10. The standard InChI is InChI=1S/C10H19N/c1-3-9(2)8-10-6-4-5-7-11-10/h8,10-11H,3-7H2,1-2H3/b9-8+. The highest BCUT2D eigenvalue weighted by Gasteiger charge is 2.08. The molecule has 1 saturated heterocycles. The molecular formula is C10H19N. The number of rotatable bonds is 2. The van der Waals surface area contributed by atoms with Gasteiger partial charge in [-0.05, 0) is 32.7 Å². The third kappa shape index (κ3) is 3.06. The summed E-state index contributed by atoms with van der Waals surface area (Å²) < 4.78 is 0. The van der Waals surface area contributed by atoms with Crippen LogP contribution in [-0.4, -0.2) is 12.6 Å². The Kier molecular flexibility index (Phi) is 3.64. The first-order chi connectivity index (χ1) is 5.33. The van der Waals surface area contributed by atoms with Gasteiger partial charge in [-0.15, -0.1) is 0 Å². The van der Waals surface area contributed by atoms with Crippen LogP contribution in [0, 0.1) is 0 Å². The molecule has 0 amide bonds. The van der Waals surface area contributed by atoms with Crippen molar-refractivity contribution in [3.8, 4) is 0 Å². The SMILES string of the molecule is CC/C(C)=C/C1CCCCN1. The average molecular weight is 153 g/mol. The van der Waals surface area contributed by atoms with Crippen molar-refractivity contribution in [3.05, 3.63) is 11.6 Å². The molecule has 1 heterocycles. The fourth-order valence-electron chi connectivity index (χ4n) is 1.48. The Bertz CT molecular complexity index is 132. The van der Waals surface area contributed by atoms with Gasteiger partial charge in [0.2, 0.25) is 0 Å². The van der Waals surface area contributed by atoms with Crippen molar-refractivity contribution < 1.29 is 0 Å². The molecule has 0 spiro atoms. The van der Waals surface area contributed by atoms with E-state index in [1.807, 2.05) is 0 Å². The van der Waals surface area contributed by atoms with E-state index < -0.39 is 0 Å². The molecule has 0 aromatic carbocycles. The van der Waals surface area contributed by atoms with Crippen molar-refractivity contribution in [1.29, 1.82) is 0 Å². The lowest BCUT2D eigenvalue weighted by atomic mass is 10.0. The lowest BCUT2D eigenvalue weighted by Crippen LogP contribution is -2.32. The fourth-order valence-corrected chi connectivity index (χ4v) is 1.48. The minimum absolute atomic E-state index is 0.670. The van der Waals surface area contributed by atoms with Crippen molar-refractivity contribution in [2.75, 3.05) is 6.54 Å². The number of nitrogens with one attached hydrogen (secondary N) is 1. The summed E-state index contributed by atoms with van der Waals surface area (Å²) in [6.07, 6.45) is 7.66. The van der Waals surface area contributed by atoms with Crippen molar-refractivity contribution >= 4 is 0 Å². The normalized spacial score (nSPS) is 27.1. The largest absolute Gasteiger partial charge is 0.311 e. The first-order valence-corrected chi connectivity index (χ1v) is 4.73. The van der Waals surface area contributed by atoms with Crippen LogP contribution in [0.1, 0.15) is 39.5 Å². The van der Waals surface area contributed by atoms with Gasteiger partial charge in [0.05, 0.1) is 0 Å². The summed E-state index contributed by atoms with van der Waals surface area (Å²) in [6, 6.07) is 0.670. The van der Waals surface area contributed by atoms with E-state index in [9.17, 15) is 0 Å². The summed E-state index contributed by atoms with van der Waals surface area (Å²) in [5, 5.41) is 3.51. The van der Waals surface area contributed by atoms with E-state index in [-0.39, 0.29) is 0 Å². The van der Waals surface area contributed by atoms with E-state index >= 15 is 0 Å². The smallest absolute Gasteiger partial charge is 0.0252 e. The molecular weight excluding hydrogens is 134 g/mol. The lowest BCUT2D eigenvalue weighted by Gasteiger charge is -2.20. The molecule has 1 N–H and O–H groups in total. The Morgan fingerprint density at radius 2 is 2.36 bits per heavy atom. The Balaban J connectivity index is 2.34. The highest BCUT2D eigenvalue weighted by molar-refractivity contribution is 5.04. The minimum atomic E-state index is 0.670. The maximum Gasteiger partial charge on any atom is 0.0252 e. The fraction of sp³-hybridized carbons (Fsp3) is 0.800. The second-order valence-corrected chi connectivity index (χ2v) is 3.42. The summed E-state index contributed by atoms with van der Waals surface area (Å²) in [7, 11) is 0. The van der Waals surface area contributed by atoms with E-state index in [0.29, 0.717) is 6.04 Å². The molecule has 0 bridgehead atoms. The molecule has 1 aliphatic rings. The van der Waals surface area contributed by atoms with E-state index in [1.54, 1.807) is 0 Å². The Labute approximate surface area is 69.9 Å². The van der Waals surface area contributed by atoms with Gasteiger partial charge in [-0.3, -0.25) is 0 Å². The molecule has 1 fully saturated rings. The molecule has 0 aromatic rings. The molecule has 1 aliphatic heterocycles. The summed E-state index contributed by atoms with van der Waals surface area (Å²) >= 11 is 0. The molecule has 1 unspecified atom stereocenters. The van der Waals surface area contributed by atoms with Crippen molar-refractivity contribution in [2.24, 2.45) is 0 Å². The van der Waals surface area contributed by atoms with Gasteiger partial charge in [0.25, 0.3) is 0 Å². The van der Waals surface area contributed by atoms with Gasteiger partial charge in [-0.1, -0.05) is 25.0 Å². The van der Waals surface area contributed by atoms with Gasteiger partial charge in [0, 0.05) is 6.04 Å². The van der Waals surface area contributed by atoms with E-state index in [4.69, 9.17) is 0 Å². The van der Waals surface area contributed by atoms with Crippen LogP contribution in [0.15, 0.2) is 11.6 Å². The first-order valence-electron chi connectivity index (χ1n) is 4.73. The second-order valence-electron chi connectivity index (χ2n) is 3.42. The molecule has 0 aromatic heterocycles. The van der Waals surface area contributed by atoms with Gasteiger partial charge < -0.3 is 5.32 Å². The van der Waals surface area contributed by atoms with E-state index in [2.05, 4.69) is 25.2 Å². The maximum absolute atomic E-state index is 3.51. The zero-order valence-electron chi connectivity index (χ0n) is 7.69. The number of allylic oxidation sites excluding steroid dienone is 1. The van der Waals surface area contributed by atoms with Gasteiger partial charge in [0.1, 0.15) is 0 Å². The zero-order valence-corrected chi connectivity index (χ0v) is 7.69. The van der Waals surface area contributed by atoms with Crippen molar-refractivity contribution in [2.45, 2.75) is 45.6 Å². The third-order valence-corrected chi connectivity index (χ3v) is 2.39. The van der Waals surface area contributed by atoms with Gasteiger partial charge in [-0.2, -0.15) is 0 Å². The molecule has 11 heavy (non-hydrogen) atoms. The third-order valence-electron chi connectivity index (χ3n) is 2.39. The number of piperidine rings is 1. The Morgan fingerprint density at radius 3 is 2.91 bits per heavy atom. The molecule has 64 valence electrons. The number of hydrogen-bond acceptors (Lipinski definition) is 1. The van der Waals surface area contributed by atoms with Gasteiger partial charge in [-0.25, -0.2) is 0 Å². The monoisotopic (exact) mass is 153 g/mol. The van der Waals surface area contributed by atoms with Crippen LogP contribution in [0.4, 0.5) is 0 Å². The van der Waals surface area contributed by atoms with Crippen LogP contribution >= 0.6 is 0 Å². The van der Waals surface area contributed by atoms with Crippen LogP contribution in [0.25, 0.3) is 0 Å². The summed E-state index contributed by atoms with van der Waals surface area (Å²) in [5.41, 5.74) is 1.52. The summed E-state index contributed by atoms with van der Waals surface area (Å²) in [5.74, 6) is 0. The van der Waals surface area contributed by atoms with Crippen LogP contribution in [0.5, 0.6) is 0 Å².